The van der Waals surface area contributed by atoms with E-state index in [1.807, 2.05) is 72.8 Å². The summed E-state index contributed by atoms with van der Waals surface area (Å²) in [6.07, 6.45) is 5.68. The lowest BCUT2D eigenvalue weighted by atomic mass is 10.0. The fourth-order valence-corrected chi connectivity index (χ4v) is 4.08. The zero-order valence-corrected chi connectivity index (χ0v) is 15.6. The highest BCUT2D eigenvalue weighted by atomic mass is 32.1. The first kappa shape index (κ1) is 16.6. The number of fused-ring (bicyclic) bond motifs is 2. The van der Waals surface area contributed by atoms with E-state index in [0.29, 0.717) is 15.3 Å². The Morgan fingerprint density at radius 1 is 0.857 bits per heavy atom. The molecule has 2 aromatic heterocycles. The maximum absolute atomic E-state index is 12.8. The fraction of sp³-hybridized carbons (Fsp3) is 0. The predicted octanol–water partition coefficient (Wildman–Crippen LogP) is 4.02. The molecule has 134 valence electrons. The standard InChI is InChI=1S/C23H15N3OS/c27-22-20(15-18-11-6-10-17-9-4-5-12-19(17)18)28-23-24-21(25-26(22)23)14-13-16-7-2-1-3-8-16/h1-15H/b14-13+,20-15+. The van der Waals surface area contributed by atoms with Gasteiger partial charge in [-0.3, -0.25) is 4.79 Å². The molecular formula is C23H15N3OS. The SMILES string of the molecule is O=c1/c(=C\c2cccc3ccccc23)sc2nc(/C=C/c3ccccc3)nn12. The third-order valence-electron chi connectivity index (χ3n) is 4.53. The molecule has 28 heavy (non-hydrogen) atoms. The van der Waals surface area contributed by atoms with Crippen molar-refractivity contribution in [1.82, 2.24) is 14.6 Å². The lowest BCUT2D eigenvalue weighted by Gasteiger charge is -2.00. The molecule has 0 N–H and O–H groups in total. The van der Waals surface area contributed by atoms with E-state index in [9.17, 15) is 4.79 Å². The summed E-state index contributed by atoms with van der Waals surface area (Å²) in [5.74, 6) is 0.531. The largest absolute Gasteiger partial charge is 0.291 e. The molecule has 0 aliphatic heterocycles. The van der Waals surface area contributed by atoms with Gasteiger partial charge < -0.3 is 0 Å². The molecule has 0 fully saturated rings. The molecule has 5 heteroatoms. The molecule has 0 spiro atoms. The predicted molar refractivity (Wildman–Crippen MR) is 115 cm³/mol. The lowest BCUT2D eigenvalue weighted by molar-refractivity contribution is 0.925. The minimum atomic E-state index is -0.139. The highest BCUT2D eigenvalue weighted by Gasteiger charge is 2.09. The Kier molecular flexibility index (Phi) is 4.07. The fourth-order valence-electron chi connectivity index (χ4n) is 3.17. The molecular weight excluding hydrogens is 366 g/mol. The summed E-state index contributed by atoms with van der Waals surface area (Å²) in [6, 6.07) is 24.2. The van der Waals surface area contributed by atoms with Gasteiger partial charge in [0.1, 0.15) is 0 Å². The molecule has 5 aromatic rings. The van der Waals surface area contributed by atoms with E-state index in [1.165, 1.54) is 15.9 Å². The van der Waals surface area contributed by atoms with Crippen LogP contribution in [0.25, 0.3) is 34.0 Å². The Morgan fingerprint density at radius 2 is 1.64 bits per heavy atom. The van der Waals surface area contributed by atoms with Crippen molar-refractivity contribution in [2.75, 3.05) is 0 Å². The molecule has 0 aliphatic carbocycles. The minimum Gasteiger partial charge on any atom is -0.266 e. The normalized spacial score (nSPS) is 12.5. The van der Waals surface area contributed by atoms with Gasteiger partial charge in [-0.1, -0.05) is 90.2 Å². The Hall–Kier alpha value is -3.57. The lowest BCUT2D eigenvalue weighted by Crippen LogP contribution is -2.23. The number of benzene rings is 3. The molecule has 0 saturated heterocycles. The van der Waals surface area contributed by atoms with Crippen molar-refractivity contribution >= 4 is 45.3 Å². The van der Waals surface area contributed by atoms with E-state index in [4.69, 9.17) is 0 Å². The number of nitrogens with zero attached hydrogens (tertiary/aromatic N) is 3. The van der Waals surface area contributed by atoms with Crippen molar-refractivity contribution in [1.29, 1.82) is 0 Å². The van der Waals surface area contributed by atoms with Gasteiger partial charge in [0.2, 0.25) is 4.96 Å². The topological polar surface area (TPSA) is 47.3 Å². The van der Waals surface area contributed by atoms with Crippen LogP contribution in [0, 0.1) is 0 Å². The molecule has 0 amide bonds. The van der Waals surface area contributed by atoms with Gasteiger partial charge in [0.05, 0.1) is 4.53 Å². The van der Waals surface area contributed by atoms with Gasteiger partial charge in [0.15, 0.2) is 5.82 Å². The van der Waals surface area contributed by atoms with Crippen LogP contribution in [0.4, 0.5) is 0 Å². The molecule has 0 atom stereocenters. The second kappa shape index (κ2) is 6.87. The molecule has 5 rings (SSSR count). The monoisotopic (exact) mass is 381 g/mol. The summed E-state index contributed by atoms with van der Waals surface area (Å²) < 4.78 is 2.01. The highest BCUT2D eigenvalue weighted by Crippen LogP contribution is 2.19. The molecule has 0 radical (unpaired) electrons. The van der Waals surface area contributed by atoms with Crippen molar-refractivity contribution in [3.05, 3.63) is 105 Å². The second-order valence-electron chi connectivity index (χ2n) is 6.39. The Balaban J connectivity index is 1.56. The maximum atomic E-state index is 12.8. The van der Waals surface area contributed by atoms with Crippen molar-refractivity contribution in [3.63, 3.8) is 0 Å². The number of hydrogen-bond donors (Lipinski definition) is 0. The van der Waals surface area contributed by atoms with Crippen LogP contribution in [0.15, 0.2) is 77.6 Å². The van der Waals surface area contributed by atoms with Crippen molar-refractivity contribution in [3.8, 4) is 0 Å². The summed E-state index contributed by atoms with van der Waals surface area (Å²) in [6.45, 7) is 0. The van der Waals surface area contributed by atoms with E-state index >= 15 is 0 Å². The van der Waals surface area contributed by atoms with Gasteiger partial charge in [-0.2, -0.15) is 9.50 Å². The zero-order chi connectivity index (χ0) is 18.9. The highest BCUT2D eigenvalue weighted by molar-refractivity contribution is 7.15. The zero-order valence-electron chi connectivity index (χ0n) is 14.8. The number of rotatable bonds is 3. The van der Waals surface area contributed by atoms with Crippen molar-refractivity contribution in [2.45, 2.75) is 0 Å². The van der Waals surface area contributed by atoms with Crippen LogP contribution < -0.4 is 10.1 Å². The summed E-state index contributed by atoms with van der Waals surface area (Å²) in [5, 5.41) is 6.62. The van der Waals surface area contributed by atoms with E-state index in [0.717, 1.165) is 21.9 Å². The van der Waals surface area contributed by atoms with Gasteiger partial charge in [-0.05, 0) is 34.1 Å². The van der Waals surface area contributed by atoms with Gasteiger partial charge in [0, 0.05) is 0 Å². The van der Waals surface area contributed by atoms with E-state index in [1.54, 1.807) is 0 Å². The van der Waals surface area contributed by atoms with Crippen LogP contribution in [0.2, 0.25) is 0 Å². The van der Waals surface area contributed by atoms with Gasteiger partial charge >= 0.3 is 0 Å². The van der Waals surface area contributed by atoms with E-state index in [2.05, 4.69) is 28.3 Å². The van der Waals surface area contributed by atoms with Crippen LogP contribution >= 0.6 is 11.3 Å². The molecule has 2 heterocycles. The average molecular weight is 381 g/mol. The smallest absolute Gasteiger partial charge is 0.266 e. The third-order valence-corrected chi connectivity index (χ3v) is 5.49. The number of aromatic nitrogens is 3. The average Bonchev–Trinajstić information content (AvgIpc) is 3.26. The van der Waals surface area contributed by atoms with Gasteiger partial charge in [-0.15, -0.1) is 5.10 Å². The third kappa shape index (κ3) is 3.02. The minimum absolute atomic E-state index is 0.139. The van der Waals surface area contributed by atoms with Crippen LogP contribution in [0.1, 0.15) is 17.0 Å². The first-order chi connectivity index (χ1) is 13.8. The van der Waals surface area contributed by atoms with Crippen molar-refractivity contribution < 1.29 is 0 Å². The summed E-state index contributed by atoms with van der Waals surface area (Å²) in [4.78, 5) is 17.8. The molecule has 0 unspecified atom stereocenters. The van der Waals surface area contributed by atoms with Crippen LogP contribution in [-0.4, -0.2) is 14.6 Å². The van der Waals surface area contributed by atoms with E-state index in [-0.39, 0.29) is 5.56 Å². The molecule has 3 aromatic carbocycles. The first-order valence-corrected chi connectivity index (χ1v) is 9.72. The van der Waals surface area contributed by atoms with Crippen molar-refractivity contribution in [2.24, 2.45) is 0 Å². The molecule has 4 nitrogen and oxygen atoms in total. The maximum Gasteiger partial charge on any atom is 0.291 e. The first-order valence-electron chi connectivity index (χ1n) is 8.90. The van der Waals surface area contributed by atoms with Crippen LogP contribution in [0.3, 0.4) is 0 Å². The van der Waals surface area contributed by atoms with Crippen LogP contribution in [0.5, 0.6) is 0 Å². The molecule has 0 bridgehead atoms. The summed E-state index contributed by atoms with van der Waals surface area (Å²) in [7, 11) is 0. The summed E-state index contributed by atoms with van der Waals surface area (Å²) >= 11 is 1.36. The number of hydrogen-bond acceptors (Lipinski definition) is 4. The van der Waals surface area contributed by atoms with Gasteiger partial charge in [-0.25, -0.2) is 0 Å². The Bertz CT molecular complexity index is 1430. The quantitative estimate of drug-likeness (QED) is 0.474. The second-order valence-corrected chi connectivity index (χ2v) is 7.40. The van der Waals surface area contributed by atoms with Crippen LogP contribution in [-0.2, 0) is 0 Å². The summed E-state index contributed by atoms with van der Waals surface area (Å²) in [5.41, 5.74) is 1.94. The van der Waals surface area contributed by atoms with Gasteiger partial charge in [0.25, 0.3) is 5.56 Å². The van der Waals surface area contributed by atoms with E-state index < -0.39 is 0 Å². The number of thiazole rings is 1. The molecule has 0 saturated carbocycles. The molecule has 0 aliphatic rings. The Labute approximate surface area is 164 Å². The Morgan fingerprint density at radius 3 is 2.50 bits per heavy atom.